The fourth-order valence-electron chi connectivity index (χ4n) is 2.50. The standard InChI is InChI=1S/C15H24N2S/c1-15(2)12-17(10-11-18-15)9-3-4-13-5-7-14(16)8-6-13/h5-8H,3-4,9-12,16H2,1-2H3. The van der Waals surface area contributed by atoms with Gasteiger partial charge in [-0.25, -0.2) is 0 Å². The fraction of sp³-hybridized carbons (Fsp3) is 0.600. The van der Waals surface area contributed by atoms with Gasteiger partial charge in [-0.2, -0.15) is 11.8 Å². The van der Waals surface area contributed by atoms with Crippen LogP contribution in [0.25, 0.3) is 0 Å². The van der Waals surface area contributed by atoms with Crippen LogP contribution in [-0.2, 0) is 6.42 Å². The summed E-state index contributed by atoms with van der Waals surface area (Å²) in [4.78, 5) is 2.60. The van der Waals surface area contributed by atoms with Crippen molar-refractivity contribution in [2.45, 2.75) is 31.4 Å². The highest BCUT2D eigenvalue weighted by molar-refractivity contribution is 8.00. The zero-order valence-electron chi connectivity index (χ0n) is 11.5. The van der Waals surface area contributed by atoms with Crippen LogP contribution in [0.1, 0.15) is 25.8 Å². The third-order valence-corrected chi connectivity index (χ3v) is 4.72. The largest absolute Gasteiger partial charge is 0.399 e. The third-order valence-electron chi connectivity index (χ3n) is 3.42. The number of thioether (sulfide) groups is 1. The molecule has 3 heteroatoms. The predicted molar refractivity (Wildman–Crippen MR) is 82.2 cm³/mol. The Balaban J connectivity index is 1.73. The van der Waals surface area contributed by atoms with Crippen LogP contribution in [0.3, 0.4) is 0 Å². The van der Waals surface area contributed by atoms with Crippen molar-refractivity contribution in [3.05, 3.63) is 29.8 Å². The summed E-state index contributed by atoms with van der Waals surface area (Å²) in [5.41, 5.74) is 7.94. The van der Waals surface area contributed by atoms with E-state index in [4.69, 9.17) is 5.73 Å². The van der Waals surface area contributed by atoms with E-state index in [2.05, 4.69) is 42.6 Å². The van der Waals surface area contributed by atoms with Gasteiger partial charge in [-0.1, -0.05) is 12.1 Å². The number of anilines is 1. The molecule has 0 spiro atoms. The Labute approximate surface area is 115 Å². The van der Waals surface area contributed by atoms with Crippen molar-refractivity contribution in [3.63, 3.8) is 0 Å². The van der Waals surface area contributed by atoms with Crippen molar-refractivity contribution in [3.8, 4) is 0 Å². The number of hydrogen-bond acceptors (Lipinski definition) is 3. The summed E-state index contributed by atoms with van der Waals surface area (Å²) in [5, 5.41) is 0. The highest BCUT2D eigenvalue weighted by atomic mass is 32.2. The summed E-state index contributed by atoms with van der Waals surface area (Å²) >= 11 is 2.10. The Morgan fingerprint density at radius 1 is 1.28 bits per heavy atom. The van der Waals surface area contributed by atoms with Crippen LogP contribution in [0.15, 0.2) is 24.3 Å². The summed E-state index contributed by atoms with van der Waals surface area (Å²) < 4.78 is 0.430. The van der Waals surface area contributed by atoms with Crippen molar-refractivity contribution in [1.82, 2.24) is 4.90 Å². The molecule has 2 N–H and O–H groups in total. The fourth-order valence-corrected chi connectivity index (χ4v) is 3.67. The Bertz CT molecular complexity index is 373. The smallest absolute Gasteiger partial charge is 0.0314 e. The summed E-state index contributed by atoms with van der Waals surface area (Å²) in [5.74, 6) is 1.27. The van der Waals surface area contributed by atoms with Crippen molar-refractivity contribution in [2.24, 2.45) is 0 Å². The van der Waals surface area contributed by atoms with Crippen LogP contribution in [0.2, 0.25) is 0 Å². The molecule has 0 radical (unpaired) electrons. The molecule has 18 heavy (non-hydrogen) atoms. The van der Waals surface area contributed by atoms with Gasteiger partial charge in [0.15, 0.2) is 0 Å². The summed E-state index contributed by atoms with van der Waals surface area (Å²) in [6, 6.07) is 8.28. The molecule has 1 heterocycles. The van der Waals surface area contributed by atoms with Gasteiger partial charge in [0.1, 0.15) is 0 Å². The SMILES string of the molecule is CC1(C)CN(CCCc2ccc(N)cc2)CCS1. The monoisotopic (exact) mass is 264 g/mol. The molecule has 0 saturated carbocycles. The van der Waals surface area contributed by atoms with E-state index in [0.717, 1.165) is 12.1 Å². The summed E-state index contributed by atoms with van der Waals surface area (Å²) in [6.07, 6.45) is 2.40. The Morgan fingerprint density at radius 2 is 2.00 bits per heavy atom. The van der Waals surface area contributed by atoms with E-state index in [1.807, 2.05) is 12.1 Å². The van der Waals surface area contributed by atoms with E-state index < -0.39 is 0 Å². The maximum Gasteiger partial charge on any atom is 0.0314 e. The first kappa shape index (κ1) is 13.8. The maximum atomic E-state index is 5.69. The number of rotatable bonds is 4. The van der Waals surface area contributed by atoms with Crippen molar-refractivity contribution >= 4 is 17.4 Å². The van der Waals surface area contributed by atoms with Gasteiger partial charge in [0.2, 0.25) is 0 Å². The zero-order chi connectivity index (χ0) is 13.0. The number of benzene rings is 1. The first-order valence-electron chi connectivity index (χ1n) is 6.76. The molecule has 0 amide bonds. The lowest BCUT2D eigenvalue weighted by molar-refractivity contribution is 0.258. The van der Waals surface area contributed by atoms with E-state index in [1.165, 1.54) is 37.4 Å². The van der Waals surface area contributed by atoms with E-state index >= 15 is 0 Å². The second-order valence-electron chi connectivity index (χ2n) is 5.73. The second-order valence-corrected chi connectivity index (χ2v) is 7.53. The normalized spacial score (nSPS) is 19.9. The number of hydrogen-bond donors (Lipinski definition) is 1. The zero-order valence-corrected chi connectivity index (χ0v) is 12.3. The molecule has 0 aromatic heterocycles. The average molecular weight is 264 g/mol. The Morgan fingerprint density at radius 3 is 2.67 bits per heavy atom. The van der Waals surface area contributed by atoms with Gasteiger partial charge in [0.05, 0.1) is 0 Å². The molecule has 100 valence electrons. The van der Waals surface area contributed by atoms with Gasteiger partial charge in [-0.05, 0) is 50.9 Å². The molecule has 1 aromatic rings. The second kappa shape index (κ2) is 5.98. The first-order valence-corrected chi connectivity index (χ1v) is 7.74. The van der Waals surface area contributed by atoms with Gasteiger partial charge >= 0.3 is 0 Å². The van der Waals surface area contributed by atoms with Gasteiger partial charge in [0.25, 0.3) is 0 Å². The molecular weight excluding hydrogens is 240 g/mol. The van der Waals surface area contributed by atoms with Crippen molar-refractivity contribution in [2.75, 3.05) is 31.1 Å². The first-order chi connectivity index (χ1) is 8.55. The molecule has 2 rings (SSSR count). The van der Waals surface area contributed by atoms with Crippen LogP contribution in [0, 0.1) is 0 Å². The molecule has 0 atom stereocenters. The van der Waals surface area contributed by atoms with Gasteiger partial charge < -0.3 is 10.6 Å². The minimum atomic E-state index is 0.430. The van der Waals surface area contributed by atoms with Crippen LogP contribution in [0.5, 0.6) is 0 Å². The van der Waals surface area contributed by atoms with E-state index in [0.29, 0.717) is 4.75 Å². The van der Waals surface area contributed by atoms with Crippen LogP contribution in [-0.4, -0.2) is 35.0 Å². The maximum absolute atomic E-state index is 5.69. The number of nitrogens with two attached hydrogens (primary N) is 1. The van der Waals surface area contributed by atoms with Gasteiger partial charge in [-0.15, -0.1) is 0 Å². The molecule has 0 aliphatic carbocycles. The third kappa shape index (κ3) is 4.21. The molecule has 2 nitrogen and oxygen atoms in total. The Kier molecular flexibility index (Phi) is 4.57. The number of nitrogen functional groups attached to an aromatic ring is 1. The minimum Gasteiger partial charge on any atom is -0.399 e. The highest BCUT2D eigenvalue weighted by Crippen LogP contribution is 2.29. The van der Waals surface area contributed by atoms with Gasteiger partial charge in [0, 0.05) is 29.3 Å². The summed E-state index contributed by atoms with van der Waals surface area (Å²) in [7, 11) is 0. The molecule has 1 aliphatic rings. The molecule has 1 fully saturated rings. The molecule has 0 unspecified atom stereocenters. The molecule has 1 aliphatic heterocycles. The Hall–Kier alpha value is -0.670. The predicted octanol–water partition coefficient (Wildman–Crippen LogP) is 3.03. The van der Waals surface area contributed by atoms with E-state index in [1.54, 1.807) is 0 Å². The lowest BCUT2D eigenvalue weighted by Crippen LogP contribution is -2.43. The van der Waals surface area contributed by atoms with Crippen molar-refractivity contribution in [1.29, 1.82) is 0 Å². The molecule has 1 saturated heterocycles. The number of aryl methyl sites for hydroxylation is 1. The highest BCUT2D eigenvalue weighted by Gasteiger charge is 2.26. The van der Waals surface area contributed by atoms with Crippen LogP contribution >= 0.6 is 11.8 Å². The van der Waals surface area contributed by atoms with Crippen LogP contribution in [0.4, 0.5) is 5.69 Å². The molecular formula is C15H24N2S. The van der Waals surface area contributed by atoms with Crippen molar-refractivity contribution < 1.29 is 0 Å². The van der Waals surface area contributed by atoms with E-state index in [-0.39, 0.29) is 0 Å². The minimum absolute atomic E-state index is 0.430. The average Bonchev–Trinajstić information content (AvgIpc) is 2.30. The lowest BCUT2D eigenvalue weighted by atomic mass is 10.1. The summed E-state index contributed by atoms with van der Waals surface area (Å²) in [6.45, 7) is 8.39. The topological polar surface area (TPSA) is 29.3 Å². The molecule has 1 aromatic carbocycles. The molecule has 0 bridgehead atoms. The van der Waals surface area contributed by atoms with Gasteiger partial charge in [-0.3, -0.25) is 0 Å². The lowest BCUT2D eigenvalue weighted by Gasteiger charge is -2.37. The quantitative estimate of drug-likeness (QED) is 0.848. The number of nitrogens with zero attached hydrogens (tertiary/aromatic N) is 1. The van der Waals surface area contributed by atoms with Crippen LogP contribution < -0.4 is 5.73 Å². The van der Waals surface area contributed by atoms with E-state index in [9.17, 15) is 0 Å².